The van der Waals surface area contributed by atoms with E-state index in [9.17, 15) is 4.79 Å². The number of carbonyl (C=O) groups excluding carboxylic acids is 1. The van der Waals surface area contributed by atoms with Crippen LogP contribution in [0.5, 0.6) is 0 Å². The minimum Gasteiger partial charge on any atom is -0.481 e. The first-order chi connectivity index (χ1) is 5.65. The number of aromatic nitrogens is 2. The summed E-state index contributed by atoms with van der Waals surface area (Å²) in [5.74, 6) is 0.120. The van der Waals surface area contributed by atoms with Crippen molar-refractivity contribution in [3.8, 4) is 0 Å². The minimum atomic E-state index is -0.333. The number of rotatable bonds is 1. The second-order valence-corrected chi connectivity index (χ2v) is 2.26. The standard InChI is InChI=1S/C7H10N4O.B.Y/c1-4-10-3-5(6(8)11-4)7(12)9-2;;/h3H,1-2H3,(H3,8,9,10,11,12);;/p-1. The maximum atomic E-state index is 11.0. The third kappa shape index (κ3) is 3.72. The molecular weight excluding hydrogens is 256 g/mol. The van der Waals surface area contributed by atoms with Gasteiger partial charge in [-0.3, -0.25) is 9.78 Å². The van der Waals surface area contributed by atoms with Crippen LogP contribution in [0.4, 0.5) is 5.82 Å². The molecule has 0 saturated carbocycles. The van der Waals surface area contributed by atoms with E-state index in [0.29, 0.717) is 5.82 Å². The molecule has 0 bridgehead atoms. The quantitative estimate of drug-likeness (QED) is 0.748. The van der Waals surface area contributed by atoms with Gasteiger partial charge in [0, 0.05) is 60.2 Å². The normalized spacial score (nSPS) is 8.14. The Morgan fingerprint density at radius 3 is 2.57 bits per heavy atom. The molecule has 1 aromatic rings. The molecule has 0 saturated heterocycles. The van der Waals surface area contributed by atoms with Gasteiger partial charge >= 0.3 is 0 Å². The zero-order valence-electron chi connectivity index (χ0n) is 8.03. The molecule has 0 unspecified atom stereocenters. The van der Waals surface area contributed by atoms with Crippen LogP contribution in [0.25, 0.3) is 5.73 Å². The Kier molecular flexibility index (Phi) is 7.87. The largest absolute Gasteiger partial charge is 0.481 e. The summed E-state index contributed by atoms with van der Waals surface area (Å²) in [7, 11) is 1.50. The average Bonchev–Trinajstić information content (AvgIpc) is 2.03. The van der Waals surface area contributed by atoms with Crippen LogP contribution in [-0.4, -0.2) is 31.3 Å². The Morgan fingerprint density at radius 1 is 1.57 bits per heavy atom. The molecule has 1 amide bonds. The fraction of sp³-hybridized carbons (Fsp3) is 0.286. The van der Waals surface area contributed by atoms with Crippen molar-refractivity contribution in [2.45, 2.75) is 6.92 Å². The second-order valence-electron chi connectivity index (χ2n) is 2.26. The number of hydrogen-bond donors (Lipinski definition) is 1. The van der Waals surface area contributed by atoms with E-state index in [1.807, 2.05) is 0 Å². The van der Waals surface area contributed by atoms with Crippen LogP contribution in [-0.2, 0) is 32.7 Å². The van der Waals surface area contributed by atoms with Crippen LogP contribution in [0, 0.1) is 6.92 Å². The van der Waals surface area contributed by atoms with Crippen molar-refractivity contribution in [1.82, 2.24) is 15.3 Å². The number of nitrogens with zero attached hydrogens (tertiary/aromatic N) is 2. The predicted molar refractivity (Wildman–Crippen MR) is 49.9 cm³/mol. The summed E-state index contributed by atoms with van der Waals surface area (Å²) in [5.41, 5.74) is 7.53. The zero-order valence-corrected chi connectivity index (χ0v) is 10.9. The molecule has 4 radical (unpaired) electrons. The fourth-order valence-corrected chi connectivity index (χ4v) is 0.771. The molecular formula is C7H9BN4OY-. The maximum absolute atomic E-state index is 11.0. The topological polar surface area (TPSA) is 78.7 Å². The van der Waals surface area contributed by atoms with Gasteiger partial charge in [-0.2, -0.15) is 0 Å². The van der Waals surface area contributed by atoms with E-state index in [2.05, 4.69) is 15.3 Å². The van der Waals surface area contributed by atoms with Crippen LogP contribution in [0.3, 0.4) is 0 Å². The first kappa shape index (κ1) is 16.0. The Morgan fingerprint density at radius 2 is 2.14 bits per heavy atom. The Bertz CT molecular complexity index is 321. The van der Waals surface area contributed by atoms with Crippen LogP contribution in [0.15, 0.2) is 6.20 Å². The average molecular weight is 265 g/mol. The molecule has 2 N–H and O–H groups in total. The van der Waals surface area contributed by atoms with Crippen molar-refractivity contribution in [2.24, 2.45) is 0 Å². The molecule has 1 rings (SSSR count). The Balaban J connectivity index is 0. The van der Waals surface area contributed by atoms with E-state index < -0.39 is 0 Å². The van der Waals surface area contributed by atoms with E-state index in [-0.39, 0.29) is 58.4 Å². The molecule has 0 atom stereocenters. The van der Waals surface area contributed by atoms with Crippen molar-refractivity contribution in [1.29, 1.82) is 0 Å². The number of hydrogen-bond acceptors (Lipinski definition) is 3. The van der Waals surface area contributed by atoms with Gasteiger partial charge in [-0.1, -0.05) is 0 Å². The fourth-order valence-electron chi connectivity index (χ4n) is 0.771. The minimum absolute atomic E-state index is 0. The van der Waals surface area contributed by atoms with E-state index in [1.54, 1.807) is 6.92 Å². The molecule has 70 valence electrons. The summed E-state index contributed by atoms with van der Waals surface area (Å²) in [6.45, 7) is 1.67. The van der Waals surface area contributed by atoms with Crippen molar-refractivity contribution in [3.63, 3.8) is 0 Å². The van der Waals surface area contributed by atoms with Gasteiger partial charge in [0.1, 0.15) is 0 Å². The van der Waals surface area contributed by atoms with E-state index >= 15 is 0 Å². The van der Waals surface area contributed by atoms with E-state index in [4.69, 9.17) is 5.73 Å². The molecule has 0 aromatic carbocycles. The SMILES string of the molecule is CNC(=O)c1cnc(C)nc1[NH-].[B].[Y]. The van der Waals surface area contributed by atoms with Gasteiger partial charge in [-0.05, 0) is 12.7 Å². The number of carbonyl (C=O) groups is 1. The van der Waals surface area contributed by atoms with Crippen molar-refractivity contribution >= 4 is 20.1 Å². The van der Waals surface area contributed by atoms with Crippen LogP contribution < -0.4 is 5.32 Å². The molecule has 0 fully saturated rings. The molecule has 1 heterocycles. The number of amides is 1. The molecule has 14 heavy (non-hydrogen) atoms. The first-order valence-electron chi connectivity index (χ1n) is 3.42. The van der Waals surface area contributed by atoms with Gasteiger partial charge in [0.15, 0.2) is 0 Å². The van der Waals surface area contributed by atoms with Gasteiger partial charge in [0.25, 0.3) is 5.91 Å². The third-order valence-electron chi connectivity index (χ3n) is 1.38. The van der Waals surface area contributed by atoms with E-state index in [0.717, 1.165) is 0 Å². The summed E-state index contributed by atoms with van der Waals surface area (Å²) >= 11 is 0. The molecule has 0 aliphatic heterocycles. The van der Waals surface area contributed by atoms with Crippen LogP contribution >= 0.6 is 0 Å². The van der Waals surface area contributed by atoms with Crippen molar-refractivity contribution < 1.29 is 37.5 Å². The summed E-state index contributed by atoms with van der Waals surface area (Å²) in [4.78, 5) is 18.6. The Hall–Kier alpha value is -0.481. The van der Waals surface area contributed by atoms with E-state index in [1.165, 1.54) is 13.2 Å². The van der Waals surface area contributed by atoms with Gasteiger partial charge < -0.3 is 16.0 Å². The second kappa shape index (κ2) is 6.90. The third-order valence-corrected chi connectivity index (χ3v) is 1.38. The van der Waals surface area contributed by atoms with Crippen LogP contribution in [0.2, 0.25) is 0 Å². The van der Waals surface area contributed by atoms with Gasteiger partial charge in [-0.15, -0.1) is 0 Å². The smallest absolute Gasteiger partial charge is 0.252 e. The number of nitrogens with one attached hydrogen (secondary N) is 2. The summed E-state index contributed by atoms with van der Waals surface area (Å²) in [5, 5.41) is 2.40. The zero-order chi connectivity index (χ0) is 9.14. The molecule has 0 spiro atoms. The summed E-state index contributed by atoms with van der Waals surface area (Å²) in [6, 6.07) is 0. The maximum Gasteiger partial charge on any atom is 0.252 e. The van der Waals surface area contributed by atoms with Gasteiger partial charge in [0.05, 0.1) is 5.56 Å². The monoisotopic (exact) mass is 265 g/mol. The van der Waals surface area contributed by atoms with Crippen molar-refractivity contribution in [3.05, 3.63) is 23.3 Å². The summed E-state index contributed by atoms with van der Waals surface area (Å²) in [6.07, 6.45) is 1.35. The molecule has 0 aliphatic rings. The molecule has 5 nitrogen and oxygen atoms in total. The predicted octanol–water partition coefficient (Wildman–Crippen LogP) is 0.445. The van der Waals surface area contributed by atoms with Crippen molar-refractivity contribution in [2.75, 3.05) is 7.05 Å². The van der Waals surface area contributed by atoms with Gasteiger partial charge in [-0.25, -0.2) is 0 Å². The van der Waals surface area contributed by atoms with Gasteiger partial charge in [0.2, 0.25) is 0 Å². The molecule has 0 aliphatic carbocycles. The Labute approximate surface area is 110 Å². The molecule has 1 aromatic heterocycles. The summed E-state index contributed by atoms with van der Waals surface area (Å²) < 4.78 is 0. The number of aryl methyl sites for hydroxylation is 1. The van der Waals surface area contributed by atoms with Crippen LogP contribution in [0.1, 0.15) is 16.2 Å². The first-order valence-corrected chi connectivity index (χ1v) is 3.42. The molecule has 7 heteroatoms.